The summed E-state index contributed by atoms with van der Waals surface area (Å²) in [5, 5.41) is 2.54. The lowest BCUT2D eigenvalue weighted by atomic mass is 9.94. The fourth-order valence-electron chi connectivity index (χ4n) is 1.61. The van der Waals surface area contributed by atoms with Crippen molar-refractivity contribution in [2.24, 2.45) is 5.73 Å². The molecule has 1 aliphatic rings. The Labute approximate surface area is 86.2 Å². The number of hydrogen-bond donors (Lipinski definition) is 2. The Morgan fingerprint density at radius 1 is 1.47 bits per heavy atom. The van der Waals surface area contributed by atoms with Gasteiger partial charge in [0.2, 0.25) is 0 Å². The Hall–Kier alpha value is -1.62. The van der Waals surface area contributed by atoms with Crippen LogP contribution in [-0.2, 0) is 10.3 Å². The van der Waals surface area contributed by atoms with Gasteiger partial charge in [0.15, 0.2) is 5.60 Å². The van der Waals surface area contributed by atoms with E-state index < -0.39 is 11.7 Å². The first kappa shape index (κ1) is 9.92. The van der Waals surface area contributed by atoms with Crippen LogP contribution in [0.2, 0.25) is 0 Å². The van der Waals surface area contributed by atoms with Crippen molar-refractivity contribution in [1.82, 2.24) is 5.32 Å². The van der Waals surface area contributed by atoms with Gasteiger partial charge in [0.1, 0.15) is 5.82 Å². The van der Waals surface area contributed by atoms with Crippen LogP contribution < -0.4 is 11.1 Å². The average molecular weight is 210 g/mol. The van der Waals surface area contributed by atoms with Crippen molar-refractivity contribution in [3.63, 3.8) is 0 Å². The topological polar surface area (TPSA) is 64.3 Å². The average Bonchev–Trinajstić information content (AvgIpc) is 2.62. The number of halogens is 1. The summed E-state index contributed by atoms with van der Waals surface area (Å²) in [6.07, 6.45) is -0.496. The van der Waals surface area contributed by atoms with Crippen LogP contribution in [0.5, 0.6) is 0 Å². The highest BCUT2D eigenvalue weighted by atomic mass is 19.1. The van der Waals surface area contributed by atoms with Crippen LogP contribution in [0.1, 0.15) is 5.56 Å². The molecule has 80 valence electrons. The number of carbonyl (C=O) groups is 1. The number of rotatable bonds is 2. The van der Waals surface area contributed by atoms with Gasteiger partial charge in [0.05, 0.1) is 6.54 Å². The number of nitrogens with two attached hydrogens (primary N) is 1. The smallest absolute Gasteiger partial charge is 0.408 e. The van der Waals surface area contributed by atoms with Crippen molar-refractivity contribution >= 4 is 6.09 Å². The Bertz CT molecular complexity index is 380. The Kier molecular flexibility index (Phi) is 2.32. The van der Waals surface area contributed by atoms with Crippen LogP contribution in [0, 0.1) is 5.82 Å². The van der Waals surface area contributed by atoms with E-state index in [0.29, 0.717) is 12.1 Å². The van der Waals surface area contributed by atoms with E-state index in [-0.39, 0.29) is 12.4 Å². The molecule has 1 aliphatic heterocycles. The molecule has 1 saturated heterocycles. The lowest BCUT2D eigenvalue weighted by Crippen LogP contribution is -2.38. The maximum absolute atomic E-state index is 12.7. The standard InChI is InChI=1S/C10H11FN2O2/c11-8-3-1-7(2-4-8)10(5-12)6-13-9(14)15-10/h1-4H,5-6,12H2,(H,13,14). The van der Waals surface area contributed by atoms with Crippen molar-refractivity contribution < 1.29 is 13.9 Å². The summed E-state index contributed by atoms with van der Waals surface area (Å²) in [5.41, 5.74) is 5.43. The molecule has 1 unspecified atom stereocenters. The maximum atomic E-state index is 12.7. The van der Waals surface area contributed by atoms with Crippen molar-refractivity contribution in [3.05, 3.63) is 35.6 Å². The van der Waals surface area contributed by atoms with Crippen molar-refractivity contribution in [3.8, 4) is 0 Å². The molecule has 0 radical (unpaired) electrons. The van der Waals surface area contributed by atoms with Crippen LogP contribution >= 0.6 is 0 Å². The van der Waals surface area contributed by atoms with Crippen LogP contribution in [0.3, 0.4) is 0 Å². The van der Waals surface area contributed by atoms with Crippen LogP contribution in [-0.4, -0.2) is 19.2 Å². The van der Waals surface area contributed by atoms with E-state index in [1.807, 2.05) is 0 Å². The largest absolute Gasteiger partial charge is 0.435 e. The van der Waals surface area contributed by atoms with Crippen molar-refractivity contribution in [2.45, 2.75) is 5.60 Å². The van der Waals surface area contributed by atoms with Gasteiger partial charge in [-0.3, -0.25) is 0 Å². The van der Waals surface area contributed by atoms with Gasteiger partial charge in [-0.2, -0.15) is 0 Å². The van der Waals surface area contributed by atoms with Crippen molar-refractivity contribution in [1.29, 1.82) is 0 Å². The zero-order chi connectivity index (χ0) is 10.9. The predicted molar refractivity (Wildman–Crippen MR) is 51.6 cm³/mol. The molecule has 3 N–H and O–H groups in total. The normalized spacial score (nSPS) is 24.8. The van der Waals surface area contributed by atoms with Gasteiger partial charge in [0.25, 0.3) is 0 Å². The minimum Gasteiger partial charge on any atom is -0.435 e. The number of carbonyl (C=O) groups excluding carboxylic acids is 1. The minimum atomic E-state index is -0.856. The first-order valence-corrected chi connectivity index (χ1v) is 4.59. The third-order valence-corrected chi connectivity index (χ3v) is 2.51. The minimum absolute atomic E-state index is 0.164. The molecule has 1 aromatic rings. The first-order chi connectivity index (χ1) is 7.16. The lowest BCUT2D eigenvalue weighted by molar-refractivity contribution is 0.0617. The molecular weight excluding hydrogens is 199 g/mol. The molecule has 15 heavy (non-hydrogen) atoms. The van der Waals surface area contributed by atoms with Gasteiger partial charge < -0.3 is 15.8 Å². The van der Waals surface area contributed by atoms with E-state index in [4.69, 9.17) is 10.5 Å². The summed E-state index contributed by atoms with van der Waals surface area (Å²) in [6, 6.07) is 5.78. The molecule has 1 heterocycles. The molecule has 1 atom stereocenters. The molecule has 4 nitrogen and oxygen atoms in total. The van der Waals surface area contributed by atoms with Crippen molar-refractivity contribution in [2.75, 3.05) is 13.1 Å². The van der Waals surface area contributed by atoms with Gasteiger partial charge in [-0.05, 0) is 17.7 Å². The molecule has 0 saturated carbocycles. The number of benzene rings is 1. The molecule has 1 fully saturated rings. The molecule has 2 rings (SSSR count). The number of amides is 1. The van der Waals surface area contributed by atoms with E-state index in [1.165, 1.54) is 12.1 Å². The summed E-state index contributed by atoms with van der Waals surface area (Å²) in [5.74, 6) is -0.330. The molecule has 0 bridgehead atoms. The van der Waals surface area contributed by atoms with Gasteiger partial charge in [-0.15, -0.1) is 0 Å². The first-order valence-electron chi connectivity index (χ1n) is 4.59. The van der Waals surface area contributed by atoms with E-state index in [0.717, 1.165) is 0 Å². The third kappa shape index (κ3) is 1.66. The van der Waals surface area contributed by atoms with Gasteiger partial charge in [0, 0.05) is 6.54 Å². The number of nitrogens with one attached hydrogen (secondary N) is 1. The van der Waals surface area contributed by atoms with E-state index in [2.05, 4.69) is 5.32 Å². The molecule has 1 aromatic carbocycles. The number of ether oxygens (including phenoxy) is 1. The SMILES string of the molecule is NCC1(c2ccc(F)cc2)CNC(=O)O1. The summed E-state index contributed by atoms with van der Waals surface area (Å²) in [7, 11) is 0. The van der Waals surface area contributed by atoms with E-state index in [9.17, 15) is 9.18 Å². The lowest BCUT2D eigenvalue weighted by Gasteiger charge is -2.24. The monoisotopic (exact) mass is 210 g/mol. The van der Waals surface area contributed by atoms with Crippen LogP contribution in [0.4, 0.5) is 9.18 Å². The molecular formula is C10H11FN2O2. The molecule has 5 heteroatoms. The second-order valence-electron chi connectivity index (χ2n) is 3.45. The van der Waals surface area contributed by atoms with E-state index in [1.54, 1.807) is 12.1 Å². The summed E-state index contributed by atoms with van der Waals surface area (Å²) in [6.45, 7) is 0.478. The highest BCUT2D eigenvalue weighted by Gasteiger charge is 2.40. The van der Waals surface area contributed by atoms with Crippen LogP contribution in [0.25, 0.3) is 0 Å². The highest BCUT2D eigenvalue weighted by molar-refractivity contribution is 5.70. The zero-order valence-electron chi connectivity index (χ0n) is 8.00. The van der Waals surface area contributed by atoms with E-state index >= 15 is 0 Å². The van der Waals surface area contributed by atoms with Crippen LogP contribution in [0.15, 0.2) is 24.3 Å². The summed E-state index contributed by atoms with van der Waals surface area (Å²) in [4.78, 5) is 11.0. The Morgan fingerprint density at radius 3 is 2.60 bits per heavy atom. The Balaban J connectivity index is 2.34. The summed E-state index contributed by atoms with van der Waals surface area (Å²) >= 11 is 0. The van der Waals surface area contributed by atoms with Gasteiger partial charge >= 0.3 is 6.09 Å². The second-order valence-corrected chi connectivity index (χ2v) is 3.45. The highest BCUT2D eigenvalue weighted by Crippen LogP contribution is 2.27. The predicted octanol–water partition coefficient (Wildman–Crippen LogP) is 0.720. The molecule has 0 spiro atoms. The molecule has 1 amide bonds. The van der Waals surface area contributed by atoms with Gasteiger partial charge in [-0.25, -0.2) is 9.18 Å². The second kappa shape index (κ2) is 3.51. The fourth-order valence-corrected chi connectivity index (χ4v) is 1.61. The zero-order valence-corrected chi connectivity index (χ0v) is 8.00. The molecule has 0 aromatic heterocycles. The number of cyclic esters (lactones) is 1. The maximum Gasteiger partial charge on any atom is 0.408 e. The molecule has 0 aliphatic carbocycles. The number of hydrogen-bond acceptors (Lipinski definition) is 3. The number of alkyl carbamates (subject to hydrolysis) is 1. The van der Waals surface area contributed by atoms with Gasteiger partial charge in [-0.1, -0.05) is 12.1 Å². The fraction of sp³-hybridized carbons (Fsp3) is 0.300. The summed E-state index contributed by atoms with van der Waals surface area (Å²) < 4.78 is 17.9. The Morgan fingerprint density at radius 2 is 2.13 bits per heavy atom. The third-order valence-electron chi connectivity index (χ3n) is 2.51. The quantitative estimate of drug-likeness (QED) is 0.756.